The van der Waals surface area contributed by atoms with E-state index in [0.29, 0.717) is 4.91 Å². The fraction of sp³-hybridized carbons (Fsp3) is 0.667. The summed E-state index contributed by atoms with van der Waals surface area (Å²) in [6.07, 6.45) is -5.98. The van der Waals surface area contributed by atoms with Crippen LogP contribution in [0.25, 0.3) is 0 Å². The van der Waals surface area contributed by atoms with E-state index >= 15 is 0 Å². The number of fused-ring (bicyclic) bond motifs is 1. The number of β-lactam (4-membered cyclic amide) rings is 1. The first kappa shape index (κ1) is 23.4. The van der Waals surface area contributed by atoms with Gasteiger partial charge in [0.1, 0.15) is 5.70 Å². The molecule has 0 saturated carbocycles. The van der Waals surface area contributed by atoms with Crippen molar-refractivity contribution in [3.63, 3.8) is 0 Å². The molecule has 3 rings (SSSR count). The standard InChI is InChI=1S/C18H23F3N4O5S/c1-7-11-10(8(2)26)14(27)25(11)12(15(28)29)13(7)31-9-5-23(3)17(24(4)6-9)22-16(30)18(19,20)21/h7-11,26H,5-6H2,1-4H3,(H,28,29)/t7-,8-,9?,10-,11-/m1/s1. The van der Waals surface area contributed by atoms with Crippen molar-refractivity contribution in [2.45, 2.75) is 37.4 Å². The van der Waals surface area contributed by atoms with Gasteiger partial charge in [0.15, 0.2) is 0 Å². The molecular weight excluding hydrogens is 441 g/mol. The van der Waals surface area contributed by atoms with Crippen LogP contribution in [0.1, 0.15) is 13.8 Å². The second-order valence-corrected chi connectivity index (χ2v) is 9.33. The van der Waals surface area contributed by atoms with Gasteiger partial charge in [-0.25, -0.2) is 4.79 Å². The Labute approximate surface area is 180 Å². The highest BCUT2D eigenvalue weighted by Gasteiger charge is 2.60. The number of halogens is 3. The zero-order valence-electron chi connectivity index (χ0n) is 17.3. The normalized spacial score (nSPS) is 29.7. The Morgan fingerprint density at radius 3 is 2.23 bits per heavy atom. The van der Waals surface area contributed by atoms with E-state index in [-0.39, 0.29) is 35.9 Å². The number of aliphatic carboxylic acids is 1. The van der Waals surface area contributed by atoms with Gasteiger partial charge in [-0.2, -0.15) is 18.2 Å². The molecule has 0 aliphatic carbocycles. The molecule has 3 aliphatic heterocycles. The number of alkyl halides is 3. The molecule has 0 aromatic carbocycles. The molecule has 2 N–H and O–H groups in total. The van der Waals surface area contributed by atoms with Crippen LogP contribution in [0, 0.1) is 11.8 Å². The number of hydrogen-bond acceptors (Lipinski definition) is 5. The molecule has 0 bridgehead atoms. The molecule has 0 unspecified atom stereocenters. The third kappa shape index (κ3) is 4.00. The minimum Gasteiger partial charge on any atom is -0.477 e. The van der Waals surface area contributed by atoms with Crippen LogP contribution in [0.3, 0.4) is 0 Å². The second-order valence-electron chi connectivity index (χ2n) is 7.99. The predicted molar refractivity (Wildman–Crippen MR) is 105 cm³/mol. The van der Waals surface area contributed by atoms with Crippen molar-refractivity contribution in [3.05, 3.63) is 10.6 Å². The average molecular weight is 464 g/mol. The number of rotatable bonds is 4. The highest BCUT2D eigenvalue weighted by Crippen LogP contribution is 2.51. The molecule has 0 spiro atoms. The largest absolute Gasteiger partial charge is 0.477 e. The first-order chi connectivity index (χ1) is 14.3. The van der Waals surface area contributed by atoms with Gasteiger partial charge in [0.05, 0.1) is 18.1 Å². The van der Waals surface area contributed by atoms with Crippen molar-refractivity contribution in [2.75, 3.05) is 27.2 Å². The van der Waals surface area contributed by atoms with Crippen molar-refractivity contribution in [1.82, 2.24) is 14.7 Å². The number of thioether (sulfide) groups is 1. The smallest absolute Gasteiger partial charge is 0.473 e. The van der Waals surface area contributed by atoms with E-state index in [1.165, 1.54) is 47.5 Å². The second kappa shape index (κ2) is 8.01. The molecule has 0 radical (unpaired) electrons. The molecule has 3 heterocycles. The minimum atomic E-state index is -5.07. The van der Waals surface area contributed by atoms with E-state index in [4.69, 9.17) is 0 Å². The molecule has 9 nitrogen and oxygen atoms in total. The van der Waals surface area contributed by atoms with Crippen LogP contribution in [-0.4, -0.2) is 99.4 Å². The lowest BCUT2D eigenvalue weighted by molar-refractivity contribution is -0.169. The van der Waals surface area contributed by atoms with E-state index in [9.17, 15) is 37.8 Å². The maximum Gasteiger partial charge on any atom is 0.473 e. The van der Waals surface area contributed by atoms with Gasteiger partial charge in [0.2, 0.25) is 11.9 Å². The van der Waals surface area contributed by atoms with Gasteiger partial charge in [0, 0.05) is 43.3 Å². The van der Waals surface area contributed by atoms with Crippen molar-refractivity contribution < 1.29 is 37.8 Å². The van der Waals surface area contributed by atoms with E-state index < -0.39 is 42.0 Å². The number of aliphatic hydroxyl groups is 1. The Balaban J connectivity index is 1.80. The molecule has 0 aromatic rings. The summed E-state index contributed by atoms with van der Waals surface area (Å²) >= 11 is 1.25. The van der Waals surface area contributed by atoms with Crippen molar-refractivity contribution in [3.8, 4) is 0 Å². The molecule has 4 atom stereocenters. The van der Waals surface area contributed by atoms with Crippen LogP contribution in [0.15, 0.2) is 15.6 Å². The first-order valence-electron chi connectivity index (χ1n) is 9.53. The molecule has 172 valence electrons. The number of aliphatic imine (C=N–C) groups is 1. The van der Waals surface area contributed by atoms with Gasteiger partial charge in [-0.05, 0) is 6.92 Å². The molecule has 13 heteroatoms. The number of carboxylic acid groups (broad SMARTS) is 1. The fourth-order valence-electron chi connectivity index (χ4n) is 4.38. The molecule has 2 saturated heterocycles. The van der Waals surface area contributed by atoms with Gasteiger partial charge in [0.25, 0.3) is 0 Å². The predicted octanol–water partition coefficient (Wildman–Crippen LogP) is 0.564. The molecule has 31 heavy (non-hydrogen) atoms. The summed E-state index contributed by atoms with van der Waals surface area (Å²) in [5, 5.41) is 19.4. The number of amides is 2. The third-order valence-electron chi connectivity index (χ3n) is 5.69. The summed E-state index contributed by atoms with van der Waals surface area (Å²) < 4.78 is 37.7. The Morgan fingerprint density at radius 1 is 1.23 bits per heavy atom. The highest BCUT2D eigenvalue weighted by atomic mass is 32.2. The van der Waals surface area contributed by atoms with Crippen LogP contribution in [0.5, 0.6) is 0 Å². The van der Waals surface area contributed by atoms with Gasteiger partial charge in [-0.1, -0.05) is 6.92 Å². The molecule has 2 amide bonds. The number of carbonyl (C=O) groups excluding carboxylic acids is 2. The maximum atomic E-state index is 12.6. The Hall–Kier alpha value is -2.28. The van der Waals surface area contributed by atoms with Gasteiger partial charge < -0.3 is 24.9 Å². The topological polar surface area (TPSA) is 114 Å². The van der Waals surface area contributed by atoms with Crippen LogP contribution < -0.4 is 0 Å². The first-order valence-corrected chi connectivity index (χ1v) is 10.4. The van der Waals surface area contributed by atoms with Crippen LogP contribution in [0.4, 0.5) is 13.2 Å². The monoisotopic (exact) mass is 464 g/mol. The number of nitrogens with zero attached hydrogens (tertiary/aromatic N) is 4. The number of carboxylic acids is 1. The van der Waals surface area contributed by atoms with Gasteiger partial charge in [-0.15, -0.1) is 11.8 Å². The minimum absolute atomic E-state index is 0.110. The third-order valence-corrected chi connectivity index (χ3v) is 7.14. The van der Waals surface area contributed by atoms with Crippen LogP contribution >= 0.6 is 11.8 Å². The van der Waals surface area contributed by atoms with Gasteiger partial charge >= 0.3 is 18.1 Å². The lowest BCUT2D eigenvalue weighted by Gasteiger charge is -2.46. The molecule has 2 fully saturated rings. The van der Waals surface area contributed by atoms with E-state index in [1.807, 2.05) is 0 Å². The Morgan fingerprint density at radius 2 is 1.77 bits per heavy atom. The number of carbonyl (C=O) groups is 3. The lowest BCUT2D eigenvalue weighted by atomic mass is 9.79. The quantitative estimate of drug-likeness (QED) is 0.581. The summed E-state index contributed by atoms with van der Waals surface area (Å²) in [6.45, 7) is 3.73. The van der Waals surface area contributed by atoms with Crippen LogP contribution in [-0.2, 0) is 14.4 Å². The van der Waals surface area contributed by atoms with E-state index in [0.717, 1.165) is 0 Å². The maximum absolute atomic E-state index is 12.6. The fourth-order valence-corrected chi connectivity index (χ4v) is 5.99. The number of guanidine groups is 1. The summed E-state index contributed by atoms with van der Waals surface area (Å²) in [7, 11) is 2.99. The Bertz CT molecular complexity index is 861. The lowest BCUT2D eigenvalue weighted by Crippen LogP contribution is -2.63. The number of aliphatic hydroxyl groups excluding tert-OH is 1. The summed E-state index contributed by atoms with van der Waals surface area (Å²) in [5.74, 6) is -4.99. The molecular formula is C18H23F3N4O5S. The van der Waals surface area contributed by atoms with Crippen molar-refractivity contribution >= 4 is 35.5 Å². The molecule has 0 aromatic heterocycles. The summed E-state index contributed by atoms with van der Waals surface area (Å²) in [5.41, 5.74) is -0.110. The van der Waals surface area contributed by atoms with E-state index in [1.54, 1.807) is 6.92 Å². The van der Waals surface area contributed by atoms with Crippen molar-refractivity contribution in [1.29, 1.82) is 0 Å². The average Bonchev–Trinajstić information content (AvgIpc) is 2.86. The highest BCUT2D eigenvalue weighted by molar-refractivity contribution is 8.03. The van der Waals surface area contributed by atoms with E-state index in [2.05, 4.69) is 4.99 Å². The molecule has 3 aliphatic rings. The SMILES string of the molecule is C[C@@H](O)[C@H]1C(=O)N2C(C(=O)O)=C(SC3CN(C)C(=NC(=O)C(F)(F)F)N(C)C3)[C@H](C)[C@H]12. The summed E-state index contributed by atoms with van der Waals surface area (Å²) in [4.78, 5) is 43.3. The zero-order chi connectivity index (χ0) is 23.4. The van der Waals surface area contributed by atoms with Gasteiger partial charge in [-0.3, -0.25) is 9.59 Å². The number of hydrogen-bond donors (Lipinski definition) is 2. The Kier molecular flexibility index (Phi) is 6.04. The van der Waals surface area contributed by atoms with Crippen molar-refractivity contribution in [2.24, 2.45) is 16.8 Å². The zero-order valence-corrected chi connectivity index (χ0v) is 18.1. The summed E-state index contributed by atoms with van der Waals surface area (Å²) in [6, 6.07) is -0.443. The van der Waals surface area contributed by atoms with Crippen LogP contribution in [0.2, 0.25) is 0 Å².